The van der Waals surface area contributed by atoms with Crippen molar-refractivity contribution in [3.05, 3.63) is 60.2 Å². The summed E-state index contributed by atoms with van der Waals surface area (Å²) in [6, 6.07) is 10.2. The zero-order valence-corrected chi connectivity index (χ0v) is 20.4. The number of nitrogens with zero attached hydrogens (tertiary/aromatic N) is 4. The van der Waals surface area contributed by atoms with Gasteiger partial charge in [-0.25, -0.2) is 0 Å². The number of allylic oxidation sites excluding steroid dienone is 2. The lowest BCUT2D eigenvalue weighted by molar-refractivity contribution is 0.311. The first-order chi connectivity index (χ1) is 16.4. The quantitative estimate of drug-likeness (QED) is 0.230. The van der Waals surface area contributed by atoms with Gasteiger partial charge in [0.1, 0.15) is 0 Å². The van der Waals surface area contributed by atoms with E-state index in [1.807, 2.05) is 36.4 Å². The molecule has 0 fully saturated rings. The van der Waals surface area contributed by atoms with Gasteiger partial charge in [0.25, 0.3) is 0 Å². The van der Waals surface area contributed by atoms with Crippen molar-refractivity contribution < 1.29 is 4.74 Å². The molecule has 179 valence electrons. The predicted molar refractivity (Wildman–Crippen MR) is 135 cm³/mol. The number of hydrogen-bond donors (Lipinski definition) is 0. The molecule has 0 atom stereocenters. The average Bonchev–Trinajstić information content (AvgIpc) is 3.31. The summed E-state index contributed by atoms with van der Waals surface area (Å²) in [6.45, 7) is 2.29. The highest BCUT2D eigenvalue weighted by molar-refractivity contribution is 5.33. The van der Waals surface area contributed by atoms with E-state index < -0.39 is 0 Å². The van der Waals surface area contributed by atoms with E-state index in [2.05, 4.69) is 34.6 Å². The Balaban J connectivity index is 1.24. The minimum atomic E-state index is 0.406. The van der Waals surface area contributed by atoms with Crippen LogP contribution in [-0.4, -0.2) is 20.2 Å². The molecular formula is C28H41N4O. The zero-order chi connectivity index (χ0) is 23.0. The van der Waals surface area contributed by atoms with Crippen LogP contribution in [0.2, 0.25) is 0 Å². The third kappa shape index (κ3) is 9.53. The first kappa shape index (κ1) is 25.2. The molecule has 2 aromatic rings. The maximum atomic E-state index is 6.05. The summed E-state index contributed by atoms with van der Waals surface area (Å²) >= 11 is 0. The monoisotopic (exact) mass is 449 g/mol. The molecule has 1 aromatic carbocycles. The Bertz CT molecular complexity index is 827. The van der Waals surface area contributed by atoms with Crippen molar-refractivity contribution >= 4 is 0 Å². The smallest absolute Gasteiger partial charge is 0.341 e. The molecule has 0 aliphatic heterocycles. The number of hydrogen-bond acceptors (Lipinski definition) is 4. The molecular weight excluding hydrogens is 408 g/mol. The SMILES string of the molecule is CCCCCCCCCCCCCCCC1=CC=C[C](Oc2nnnn2-c2ccccc2)C1. The Hall–Kier alpha value is -2.43. The van der Waals surface area contributed by atoms with Gasteiger partial charge in [0.2, 0.25) is 0 Å². The molecule has 5 nitrogen and oxygen atoms in total. The lowest BCUT2D eigenvalue weighted by Crippen LogP contribution is -2.11. The molecule has 3 rings (SSSR count). The summed E-state index contributed by atoms with van der Waals surface area (Å²) in [5.74, 6) is 0. The molecule has 5 heteroatoms. The van der Waals surface area contributed by atoms with Gasteiger partial charge in [0.15, 0.2) is 6.10 Å². The first-order valence-corrected chi connectivity index (χ1v) is 13.1. The second-order valence-corrected chi connectivity index (χ2v) is 9.13. The summed E-state index contributed by atoms with van der Waals surface area (Å²) < 4.78 is 7.68. The lowest BCUT2D eigenvalue weighted by Gasteiger charge is -2.18. The van der Waals surface area contributed by atoms with Crippen LogP contribution in [0.1, 0.15) is 103 Å². The van der Waals surface area contributed by atoms with Gasteiger partial charge in [-0.3, -0.25) is 0 Å². The van der Waals surface area contributed by atoms with Crippen molar-refractivity contribution in [2.75, 3.05) is 0 Å². The van der Waals surface area contributed by atoms with E-state index >= 15 is 0 Å². The van der Waals surface area contributed by atoms with Crippen molar-refractivity contribution in [3.63, 3.8) is 0 Å². The highest BCUT2D eigenvalue weighted by Crippen LogP contribution is 2.27. The molecule has 0 saturated carbocycles. The summed E-state index contributed by atoms with van der Waals surface area (Å²) in [5.41, 5.74) is 2.31. The predicted octanol–water partition coefficient (Wildman–Crippen LogP) is 7.94. The van der Waals surface area contributed by atoms with Crippen LogP contribution in [0, 0.1) is 6.10 Å². The molecule has 0 saturated heterocycles. The summed E-state index contributed by atoms with van der Waals surface area (Å²) in [7, 11) is 0. The topological polar surface area (TPSA) is 52.8 Å². The number of aromatic nitrogens is 4. The van der Waals surface area contributed by atoms with E-state index in [0.717, 1.165) is 24.6 Å². The molecule has 0 bridgehead atoms. The van der Waals surface area contributed by atoms with Crippen molar-refractivity contribution in [1.29, 1.82) is 0 Å². The van der Waals surface area contributed by atoms with Gasteiger partial charge in [-0.1, -0.05) is 125 Å². The summed E-state index contributed by atoms with van der Waals surface area (Å²) in [6.07, 6.45) is 27.3. The maximum absolute atomic E-state index is 6.05. The number of tetrazole rings is 1. The van der Waals surface area contributed by atoms with Crippen LogP contribution >= 0.6 is 0 Å². The number of rotatable bonds is 17. The average molecular weight is 450 g/mol. The van der Waals surface area contributed by atoms with Crippen molar-refractivity contribution in [1.82, 2.24) is 20.2 Å². The minimum Gasteiger partial charge on any atom is -0.446 e. The highest BCUT2D eigenvalue weighted by Gasteiger charge is 2.19. The Morgan fingerprint density at radius 1 is 0.818 bits per heavy atom. The Labute approximate surface area is 200 Å². The molecule has 1 heterocycles. The zero-order valence-electron chi connectivity index (χ0n) is 20.4. The van der Waals surface area contributed by atoms with Crippen LogP contribution in [0.5, 0.6) is 6.01 Å². The van der Waals surface area contributed by atoms with Crippen molar-refractivity contribution in [2.45, 2.75) is 103 Å². The molecule has 0 amide bonds. The van der Waals surface area contributed by atoms with Crippen LogP contribution in [0.25, 0.3) is 5.69 Å². The second-order valence-electron chi connectivity index (χ2n) is 9.13. The van der Waals surface area contributed by atoms with Crippen LogP contribution in [0.15, 0.2) is 54.1 Å². The summed E-state index contributed by atoms with van der Waals surface area (Å²) in [4.78, 5) is 0. The largest absolute Gasteiger partial charge is 0.446 e. The first-order valence-electron chi connectivity index (χ1n) is 13.1. The fourth-order valence-corrected chi connectivity index (χ4v) is 4.34. The molecule has 1 aliphatic carbocycles. The normalized spacial score (nSPS) is 13.9. The Kier molecular flexibility index (Phi) is 11.8. The summed E-state index contributed by atoms with van der Waals surface area (Å²) in [5, 5.41) is 11.9. The van der Waals surface area contributed by atoms with E-state index in [1.165, 1.54) is 89.0 Å². The van der Waals surface area contributed by atoms with Gasteiger partial charge in [-0.15, -0.1) is 0 Å². The number of benzene rings is 1. The Morgan fingerprint density at radius 2 is 1.45 bits per heavy atom. The molecule has 0 spiro atoms. The lowest BCUT2D eigenvalue weighted by atomic mass is 9.96. The van der Waals surface area contributed by atoms with Crippen LogP contribution in [0.4, 0.5) is 0 Å². The molecule has 0 unspecified atom stereocenters. The van der Waals surface area contributed by atoms with Gasteiger partial charge < -0.3 is 4.74 Å². The van der Waals surface area contributed by atoms with Gasteiger partial charge in [0, 0.05) is 6.42 Å². The standard InChI is InChI=1S/C28H41N4O/c1-2-3-4-5-6-7-8-9-10-11-12-13-15-19-25-20-18-23-27(24-25)33-28-29-30-31-32(28)26-21-16-14-17-22-26/h14,16-18,20-23H,2-13,15,19,24H2,1H3. The van der Waals surface area contributed by atoms with Gasteiger partial charge in [0.05, 0.1) is 5.69 Å². The molecule has 1 aliphatic rings. The number of para-hydroxylation sites is 1. The van der Waals surface area contributed by atoms with E-state index in [1.54, 1.807) is 4.68 Å². The van der Waals surface area contributed by atoms with E-state index in [4.69, 9.17) is 4.74 Å². The third-order valence-corrected chi connectivity index (χ3v) is 6.28. The minimum absolute atomic E-state index is 0.406. The van der Waals surface area contributed by atoms with E-state index in [9.17, 15) is 0 Å². The molecule has 33 heavy (non-hydrogen) atoms. The number of unbranched alkanes of at least 4 members (excludes halogenated alkanes) is 12. The Morgan fingerprint density at radius 3 is 2.12 bits per heavy atom. The van der Waals surface area contributed by atoms with Crippen LogP contribution in [-0.2, 0) is 0 Å². The second kappa shape index (κ2) is 15.4. The van der Waals surface area contributed by atoms with Gasteiger partial charge in [-0.2, -0.15) is 4.68 Å². The van der Waals surface area contributed by atoms with E-state index in [-0.39, 0.29) is 0 Å². The van der Waals surface area contributed by atoms with E-state index in [0.29, 0.717) is 6.01 Å². The fraction of sp³-hybridized carbons (Fsp3) is 0.571. The fourth-order valence-electron chi connectivity index (χ4n) is 4.34. The van der Waals surface area contributed by atoms with Crippen molar-refractivity contribution in [3.8, 4) is 11.7 Å². The molecule has 1 aromatic heterocycles. The third-order valence-electron chi connectivity index (χ3n) is 6.28. The van der Waals surface area contributed by atoms with Gasteiger partial charge >= 0.3 is 6.01 Å². The maximum Gasteiger partial charge on any atom is 0.341 e. The van der Waals surface area contributed by atoms with Gasteiger partial charge in [-0.05, 0) is 41.5 Å². The number of ether oxygens (including phenoxy) is 1. The van der Waals surface area contributed by atoms with Crippen LogP contribution in [0.3, 0.4) is 0 Å². The van der Waals surface area contributed by atoms with Crippen LogP contribution < -0.4 is 4.74 Å². The molecule has 1 radical (unpaired) electrons. The molecule has 0 N–H and O–H groups in total. The van der Waals surface area contributed by atoms with Crippen molar-refractivity contribution in [2.24, 2.45) is 0 Å². The highest BCUT2D eigenvalue weighted by atomic mass is 16.5.